The first-order valence-corrected chi connectivity index (χ1v) is 15.6. The Kier molecular flexibility index (Phi) is 4.37. The standard InChI is InChI=1S/C42H24N4/c1-2-12-26(13-3-1)39-32-24-23-25-11-4-5-14-27(25)40(32)44-42(43-39)46-34-20-9-16-29-31-18-8-17-30-28-15-6-7-19-33(28)45(41(30)31)35-21-10-22-36(46)38(35)37(29)34/h1-24H/i22D. The summed E-state index contributed by atoms with van der Waals surface area (Å²) in [6.07, 6.45) is 0. The highest BCUT2D eigenvalue weighted by Gasteiger charge is 2.23. The van der Waals surface area contributed by atoms with Crippen LogP contribution in [0.1, 0.15) is 1.37 Å². The molecule has 0 aliphatic rings. The second kappa shape index (κ2) is 8.68. The molecule has 4 aromatic heterocycles. The molecule has 0 atom stereocenters. The van der Waals surface area contributed by atoms with Gasteiger partial charge in [0.2, 0.25) is 5.95 Å². The van der Waals surface area contributed by atoms with Gasteiger partial charge < -0.3 is 4.40 Å². The molecule has 212 valence electrons. The van der Waals surface area contributed by atoms with Crippen LogP contribution in [0.2, 0.25) is 0 Å². The molecule has 4 heteroatoms. The van der Waals surface area contributed by atoms with Crippen LogP contribution in [0.3, 0.4) is 0 Å². The van der Waals surface area contributed by atoms with Crippen molar-refractivity contribution < 1.29 is 1.37 Å². The first kappa shape index (κ1) is 23.2. The SMILES string of the molecule is [2H]c1ccc2c3c4c(cccc4n(-c4nc(-c5ccccc5)c5ccc6ccccc6c5n4)c13)c1cccc3c4ccccc4n2c13. The van der Waals surface area contributed by atoms with Gasteiger partial charge in [0.1, 0.15) is 0 Å². The normalized spacial score (nSPS) is 12.7. The zero-order valence-electron chi connectivity index (χ0n) is 25.6. The molecule has 0 spiro atoms. The first-order valence-electron chi connectivity index (χ1n) is 16.1. The Bertz CT molecular complexity index is 3080. The van der Waals surface area contributed by atoms with Crippen LogP contribution in [0.4, 0.5) is 0 Å². The van der Waals surface area contributed by atoms with Gasteiger partial charge in [-0.2, -0.15) is 0 Å². The van der Waals surface area contributed by atoms with Gasteiger partial charge in [-0.25, -0.2) is 9.97 Å². The summed E-state index contributed by atoms with van der Waals surface area (Å²) >= 11 is 0. The van der Waals surface area contributed by atoms with E-state index in [0.29, 0.717) is 12.0 Å². The van der Waals surface area contributed by atoms with Crippen molar-refractivity contribution in [3.8, 4) is 17.2 Å². The molecule has 7 aromatic carbocycles. The molecular weight excluding hydrogens is 560 g/mol. The van der Waals surface area contributed by atoms with E-state index in [1.807, 2.05) is 12.1 Å². The molecule has 0 amide bonds. The molecule has 0 radical (unpaired) electrons. The second-order valence-electron chi connectivity index (χ2n) is 12.1. The highest BCUT2D eigenvalue weighted by molar-refractivity contribution is 6.31. The summed E-state index contributed by atoms with van der Waals surface area (Å²) in [5.41, 5.74) is 8.02. The maximum Gasteiger partial charge on any atom is 0.235 e. The van der Waals surface area contributed by atoms with Crippen LogP contribution in [-0.2, 0) is 0 Å². The fourth-order valence-electron chi connectivity index (χ4n) is 7.88. The highest BCUT2D eigenvalue weighted by atomic mass is 15.2. The Hall–Kier alpha value is -6.26. The van der Waals surface area contributed by atoms with Crippen LogP contribution < -0.4 is 0 Å². The molecule has 0 fully saturated rings. The molecule has 0 aliphatic carbocycles. The average Bonchev–Trinajstić information content (AvgIpc) is 3.62. The lowest BCUT2D eigenvalue weighted by Gasteiger charge is -2.13. The zero-order valence-corrected chi connectivity index (χ0v) is 24.6. The number of hydrogen-bond acceptors (Lipinski definition) is 2. The van der Waals surface area contributed by atoms with Crippen LogP contribution in [0.15, 0.2) is 146 Å². The Labute approximate surface area is 264 Å². The number of benzene rings is 7. The van der Waals surface area contributed by atoms with E-state index in [0.717, 1.165) is 71.2 Å². The Morgan fingerprint density at radius 1 is 0.457 bits per heavy atom. The molecule has 0 saturated heterocycles. The fourth-order valence-corrected chi connectivity index (χ4v) is 7.88. The van der Waals surface area contributed by atoms with Gasteiger partial charge >= 0.3 is 0 Å². The monoisotopic (exact) mass is 585 g/mol. The number of aromatic nitrogens is 4. The number of hydrogen-bond donors (Lipinski definition) is 0. The number of nitrogens with zero attached hydrogens (tertiary/aromatic N) is 4. The minimum absolute atomic E-state index is 0.437. The van der Waals surface area contributed by atoms with Crippen molar-refractivity contribution in [2.45, 2.75) is 0 Å². The van der Waals surface area contributed by atoms with E-state index in [1.54, 1.807) is 0 Å². The lowest BCUT2D eigenvalue weighted by atomic mass is 10.0. The van der Waals surface area contributed by atoms with Crippen LogP contribution in [0, 0.1) is 0 Å². The summed E-state index contributed by atoms with van der Waals surface area (Å²) in [5, 5.41) is 10.2. The van der Waals surface area contributed by atoms with Crippen molar-refractivity contribution in [3.05, 3.63) is 146 Å². The first-order chi connectivity index (χ1) is 23.3. The lowest BCUT2D eigenvalue weighted by Crippen LogP contribution is -2.04. The summed E-state index contributed by atoms with van der Waals surface area (Å²) in [4.78, 5) is 10.7. The maximum atomic E-state index is 9.41. The predicted octanol–water partition coefficient (Wildman–Crippen LogP) is 10.7. The topological polar surface area (TPSA) is 35.1 Å². The minimum Gasteiger partial charge on any atom is -0.308 e. The van der Waals surface area contributed by atoms with Crippen molar-refractivity contribution >= 4 is 81.6 Å². The van der Waals surface area contributed by atoms with Crippen LogP contribution in [0.5, 0.6) is 0 Å². The molecule has 0 N–H and O–H groups in total. The quantitative estimate of drug-likeness (QED) is 0.189. The molecule has 11 aromatic rings. The van der Waals surface area contributed by atoms with Gasteiger partial charge in [0.25, 0.3) is 0 Å². The molecule has 4 nitrogen and oxygen atoms in total. The van der Waals surface area contributed by atoms with E-state index < -0.39 is 0 Å². The molecule has 0 unspecified atom stereocenters. The van der Waals surface area contributed by atoms with Crippen LogP contribution >= 0.6 is 0 Å². The summed E-state index contributed by atoms with van der Waals surface area (Å²) in [5.74, 6) is 0.562. The Balaban J connectivity index is 1.40. The number of rotatable bonds is 2. The van der Waals surface area contributed by atoms with E-state index in [1.165, 1.54) is 21.7 Å². The molecule has 46 heavy (non-hydrogen) atoms. The van der Waals surface area contributed by atoms with Gasteiger partial charge in [0.05, 0.1) is 40.2 Å². The molecule has 0 aliphatic heterocycles. The van der Waals surface area contributed by atoms with Crippen molar-refractivity contribution in [1.82, 2.24) is 18.9 Å². The highest BCUT2D eigenvalue weighted by Crippen LogP contribution is 2.44. The number of para-hydroxylation sites is 2. The minimum atomic E-state index is 0.437. The third-order valence-electron chi connectivity index (χ3n) is 9.76. The molecular formula is C42H24N4. The van der Waals surface area contributed by atoms with Gasteiger partial charge in [0.15, 0.2) is 0 Å². The van der Waals surface area contributed by atoms with Gasteiger partial charge in [-0.3, -0.25) is 4.57 Å². The lowest BCUT2D eigenvalue weighted by molar-refractivity contribution is 1.02. The van der Waals surface area contributed by atoms with E-state index >= 15 is 0 Å². The fraction of sp³-hybridized carbons (Fsp3) is 0. The van der Waals surface area contributed by atoms with Crippen molar-refractivity contribution in [2.75, 3.05) is 0 Å². The molecule has 0 bridgehead atoms. The molecule has 0 saturated carbocycles. The van der Waals surface area contributed by atoms with Crippen molar-refractivity contribution in [2.24, 2.45) is 0 Å². The zero-order chi connectivity index (χ0) is 30.8. The third-order valence-corrected chi connectivity index (χ3v) is 9.76. The predicted molar refractivity (Wildman–Crippen MR) is 191 cm³/mol. The number of fused-ring (bicyclic) bond motifs is 8. The largest absolute Gasteiger partial charge is 0.308 e. The average molecular weight is 586 g/mol. The van der Waals surface area contributed by atoms with Crippen LogP contribution in [0.25, 0.3) is 98.8 Å². The molecule has 11 rings (SSSR count). The van der Waals surface area contributed by atoms with E-state index in [9.17, 15) is 1.37 Å². The summed E-state index contributed by atoms with van der Waals surface area (Å²) < 4.78 is 13.9. The van der Waals surface area contributed by atoms with E-state index in [4.69, 9.17) is 9.97 Å². The smallest absolute Gasteiger partial charge is 0.235 e. The van der Waals surface area contributed by atoms with Gasteiger partial charge in [-0.1, -0.05) is 115 Å². The van der Waals surface area contributed by atoms with Crippen molar-refractivity contribution in [3.63, 3.8) is 0 Å². The van der Waals surface area contributed by atoms with Crippen LogP contribution in [-0.4, -0.2) is 18.9 Å². The van der Waals surface area contributed by atoms with E-state index in [2.05, 4.69) is 136 Å². The Morgan fingerprint density at radius 3 is 2.07 bits per heavy atom. The van der Waals surface area contributed by atoms with Gasteiger partial charge in [-0.05, 0) is 41.1 Å². The van der Waals surface area contributed by atoms with E-state index in [-0.39, 0.29) is 0 Å². The summed E-state index contributed by atoms with van der Waals surface area (Å²) in [6.45, 7) is 0. The molecule has 4 heterocycles. The summed E-state index contributed by atoms with van der Waals surface area (Å²) in [6, 6.07) is 49.3. The van der Waals surface area contributed by atoms with Gasteiger partial charge in [0, 0.05) is 43.3 Å². The van der Waals surface area contributed by atoms with Crippen molar-refractivity contribution in [1.29, 1.82) is 0 Å². The third kappa shape index (κ3) is 2.98. The maximum absolute atomic E-state index is 9.41. The Morgan fingerprint density at radius 2 is 1.15 bits per heavy atom. The second-order valence-corrected chi connectivity index (χ2v) is 12.1. The van der Waals surface area contributed by atoms with Gasteiger partial charge in [-0.15, -0.1) is 0 Å². The summed E-state index contributed by atoms with van der Waals surface area (Å²) in [7, 11) is 0.